The van der Waals surface area contributed by atoms with Gasteiger partial charge in [-0.25, -0.2) is 0 Å². The summed E-state index contributed by atoms with van der Waals surface area (Å²) in [7, 11) is 21.7. The highest BCUT2D eigenvalue weighted by molar-refractivity contribution is 8.18. The van der Waals surface area contributed by atoms with Crippen LogP contribution in [0.1, 0.15) is 0 Å². The van der Waals surface area contributed by atoms with Gasteiger partial charge in [-0.1, -0.05) is 0 Å². The third-order valence-electron chi connectivity index (χ3n) is 4.86. The van der Waals surface area contributed by atoms with E-state index in [4.69, 9.17) is 0 Å². The third-order valence-corrected chi connectivity index (χ3v) is 20.7. The van der Waals surface area contributed by atoms with Crippen molar-refractivity contribution in [1.29, 1.82) is 0 Å². The molecule has 6 nitrogen and oxygen atoms in total. The zero-order valence-electron chi connectivity index (χ0n) is 17.8. The largest absolute Gasteiger partial charge is 0.275 e. The molecule has 0 aromatic heterocycles. The highest BCUT2D eigenvalue weighted by atomic mass is 31.2. The summed E-state index contributed by atoms with van der Waals surface area (Å²) in [5.74, 6) is 0. The van der Waals surface area contributed by atoms with Crippen LogP contribution >= 0.6 is 21.6 Å². The minimum absolute atomic E-state index is 1.68. The molecule has 0 saturated carbocycles. The van der Waals surface area contributed by atoms with E-state index in [0.29, 0.717) is 0 Å². The lowest BCUT2D eigenvalue weighted by atomic mass is 11.3. The highest BCUT2D eigenvalue weighted by Gasteiger charge is 2.39. The van der Waals surface area contributed by atoms with Crippen molar-refractivity contribution in [2.24, 2.45) is 0 Å². The molecule has 0 amide bonds. The maximum atomic E-state index is 2.67. The van der Waals surface area contributed by atoms with Gasteiger partial charge in [-0.2, -0.15) is 0 Å². The van der Waals surface area contributed by atoms with Crippen LogP contribution in [0.4, 0.5) is 0 Å². The van der Waals surface area contributed by atoms with E-state index in [2.05, 4.69) is 129 Å². The molecule has 1 heterocycles. The molecule has 1 aliphatic rings. The molecule has 0 fully saturated rings. The average Bonchev–Trinajstić information content (AvgIpc) is 2.44. The van der Waals surface area contributed by atoms with Gasteiger partial charge in [0.15, 0.2) is 0 Å². The quantitative estimate of drug-likeness (QED) is 0.637. The van der Waals surface area contributed by atoms with Gasteiger partial charge >= 0.3 is 0 Å². The molecule has 0 aromatic rings. The van der Waals surface area contributed by atoms with E-state index in [9.17, 15) is 0 Å². The lowest BCUT2D eigenvalue weighted by Gasteiger charge is -2.51. The minimum atomic E-state index is -1.68. The van der Waals surface area contributed by atoms with Crippen LogP contribution in [-0.4, -0.2) is 129 Å². The molecule has 0 aromatic carbocycles. The van der Waals surface area contributed by atoms with E-state index in [1.165, 1.54) is 0 Å². The van der Waals surface area contributed by atoms with Crippen LogP contribution < -0.4 is 0 Å². The monoisotopic (exact) mass is 396 g/mol. The van der Waals surface area contributed by atoms with E-state index < -0.39 is 21.6 Å². The maximum absolute atomic E-state index is 2.67. The summed E-state index contributed by atoms with van der Waals surface area (Å²) in [6, 6.07) is 0. The first-order valence-corrected chi connectivity index (χ1v) is 13.6. The normalized spacial score (nSPS) is 22.2. The van der Waals surface area contributed by atoms with Crippen LogP contribution in [0, 0.1) is 0 Å². The fourth-order valence-electron chi connectivity index (χ4n) is 3.15. The fourth-order valence-corrected chi connectivity index (χ4v) is 23.5. The van der Waals surface area contributed by atoms with Crippen molar-refractivity contribution in [3.8, 4) is 0 Å². The Hall–Kier alpha value is 0.660. The first-order valence-electron chi connectivity index (χ1n) is 8.12. The summed E-state index contributed by atoms with van der Waals surface area (Å²) in [4.78, 5) is 0. The second kappa shape index (κ2) is 7.72. The van der Waals surface area contributed by atoms with Gasteiger partial charge in [-0.3, -0.25) is 28.0 Å². The van der Waals surface area contributed by atoms with Gasteiger partial charge in [0, 0.05) is 21.6 Å². The van der Waals surface area contributed by atoms with E-state index in [1.807, 2.05) is 0 Å². The van der Waals surface area contributed by atoms with Crippen molar-refractivity contribution in [2.75, 3.05) is 84.6 Å². The zero-order chi connectivity index (χ0) is 19.1. The lowest BCUT2D eigenvalue weighted by Crippen LogP contribution is -2.35. The van der Waals surface area contributed by atoms with Crippen LogP contribution in [0.15, 0.2) is 0 Å². The van der Waals surface area contributed by atoms with Gasteiger partial charge < -0.3 is 0 Å². The van der Waals surface area contributed by atoms with Crippen molar-refractivity contribution in [3.05, 3.63) is 0 Å². The van der Waals surface area contributed by atoms with Gasteiger partial charge in [0.05, 0.1) is 0 Å². The zero-order valence-corrected chi connectivity index (χ0v) is 20.4. The van der Waals surface area contributed by atoms with E-state index in [-0.39, 0.29) is 0 Å². The first-order chi connectivity index (χ1) is 10.8. The van der Waals surface area contributed by atoms with E-state index in [0.717, 1.165) is 0 Å². The molecule has 0 spiro atoms. The van der Waals surface area contributed by atoms with E-state index in [1.54, 1.807) is 0 Å². The predicted molar refractivity (Wildman–Crippen MR) is 121 cm³/mol. The predicted octanol–water partition coefficient (Wildman–Crippen LogP) is 2.19. The second-order valence-corrected chi connectivity index (χ2v) is 19.3. The molecule has 0 atom stereocenters. The van der Waals surface area contributed by atoms with Crippen LogP contribution in [-0.2, 0) is 0 Å². The number of hydrogen-bond donors (Lipinski definition) is 0. The molecule has 144 valence electrons. The van der Waals surface area contributed by atoms with Crippen LogP contribution in [0.3, 0.4) is 0 Å². The molecular weight excluding hydrogens is 357 g/mol. The second-order valence-electron chi connectivity index (χ2n) is 7.53. The smallest absolute Gasteiger partial charge is 0.0419 e. The molecule has 0 saturated heterocycles. The molecule has 0 radical (unpaired) electrons. The molecule has 0 aliphatic carbocycles. The summed E-state index contributed by atoms with van der Waals surface area (Å²) in [6.45, 7) is 0. The Balaban J connectivity index is 4.17. The van der Waals surface area contributed by atoms with Crippen LogP contribution in [0.25, 0.3) is 0 Å². The number of nitrogens with zero attached hydrogens (tertiary/aromatic N) is 6. The van der Waals surface area contributed by atoms with E-state index >= 15 is 0 Å². The van der Waals surface area contributed by atoms with Gasteiger partial charge in [-0.15, -0.1) is 0 Å². The molecule has 0 bridgehead atoms. The molecule has 1 rings (SSSR count). The molecular formula is C15H39N6P3. The van der Waals surface area contributed by atoms with Gasteiger partial charge in [0.1, 0.15) is 0 Å². The Morgan fingerprint density at radius 1 is 0.333 bits per heavy atom. The number of rotatable bonds is 6. The maximum Gasteiger partial charge on any atom is 0.0419 e. The molecule has 9 heteroatoms. The standard InChI is InChI=1S/C15H39N6P3/c1-16(2)22(17(3)4)13-23(18(5)6,19(7)8)15-24(14-22,20(9)10)21(11)12/h13-15H,1-12H3. The van der Waals surface area contributed by atoms with Crippen molar-refractivity contribution >= 4 is 38.2 Å². The highest BCUT2D eigenvalue weighted by Crippen LogP contribution is 2.71. The Bertz CT molecular complexity index is 479. The molecule has 1 aliphatic heterocycles. The minimum Gasteiger partial charge on any atom is -0.275 e. The van der Waals surface area contributed by atoms with Crippen molar-refractivity contribution in [2.45, 2.75) is 0 Å². The van der Waals surface area contributed by atoms with Crippen LogP contribution in [0.2, 0.25) is 0 Å². The van der Waals surface area contributed by atoms with Gasteiger partial charge in [-0.05, 0) is 101 Å². The molecule has 24 heavy (non-hydrogen) atoms. The van der Waals surface area contributed by atoms with Gasteiger partial charge in [0.25, 0.3) is 0 Å². The Morgan fingerprint density at radius 2 is 0.458 bits per heavy atom. The summed E-state index contributed by atoms with van der Waals surface area (Å²) in [5.41, 5.74) is 8.02. The van der Waals surface area contributed by atoms with Crippen molar-refractivity contribution in [3.63, 3.8) is 0 Å². The SMILES string of the molecule is CN(C)P1(N(C)C)=CP(N(C)C)(N(C)C)=CP(N(C)C)(N(C)C)=C1. The lowest BCUT2D eigenvalue weighted by molar-refractivity contribution is 0.572. The fraction of sp³-hybridized carbons (Fsp3) is 0.800. The summed E-state index contributed by atoms with van der Waals surface area (Å²) >= 11 is 0. The van der Waals surface area contributed by atoms with Crippen molar-refractivity contribution < 1.29 is 0 Å². The third kappa shape index (κ3) is 3.56. The topological polar surface area (TPSA) is 19.4 Å². The Labute approximate surface area is 151 Å². The Kier molecular flexibility index (Phi) is 7.31. The van der Waals surface area contributed by atoms with Crippen molar-refractivity contribution in [1.82, 2.24) is 28.0 Å². The van der Waals surface area contributed by atoms with Gasteiger partial charge in [0.2, 0.25) is 0 Å². The Morgan fingerprint density at radius 3 is 0.542 bits per heavy atom. The summed E-state index contributed by atoms with van der Waals surface area (Å²) in [6.07, 6.45) is 0. The van der Waals surface area contributed by atoms with Crippen LogP contribution in [0.5, 0.6) is 0 Å². The first kappa shape index (κ1) is 22.7. The molecule has 0 unspecified atom stereocenters. The number of hydrogen-bond acceptors (Lipinski definition) is 6. The average molecular weight is 396 g/mol. The summed E-state index contributed by atoms with van der Waals surface area (Å²) in [5, 5.41) is 0. The molecule has 0 N–H and O–H groups in total. The summed E-state index contributed by atoms with van der Waals surface area (Å²) < 4.78 is 14.7.